The van der Waals surface area contributed by atoms with Crippen LogP contribution in [0.4, 0.5) is 10.1 Å². The number of pyridine rings is 1. The minimum Gasteiger partial charge on any atom is -0.319 e. The summed E-state index contributed by atoms with van der Waals surface area (Å²) in [6.45, 7) is 0.672. The van der Waals surface area contributed by atoms with Gasteiger partial charge < -0.3 is 4.57 Å². The zero-order valence-electron chi connectivity index (χ0n) is 13.9. The van der Waals surface area contributed by atoms with Gasteiger partial charge in [0.05, 0.1) is 10.6 Å². The van der Waals surface area contributed by atoms with Crippen LogP contribution >= 0.6 is 11.3 Å². The van der Waals surface area contributed by atoms with Crippen LogP contribution in [-0.2, 0) is 6.54 Å². The second kappa shape index (κ2) is 7.45. The number of hydrogen-bond donors (Lipinski definition) is 0. The minimum atomic E-state index is -0.466. The molecule has 0 aliphatic carbocycles. The van der Waals surface area contributed by atoms with Crippen molar-refractivity contribution >= 4 is 17.0 Å². The van der Waals surface area contributed by atoms with Crippen molar-refractivity contribution in [3.05, 3.63) is 102 Å². The quantitative estimate of drug-likeness (QED) is 0.469. The molecule has 0 radical (unpaired) electrons. The summed E-state index contributed by atoms with van der Waals surface area (Å²) >= 11 is 1.46. The Hall–Kier alpha value is -3.05. The summed E-state index contributed by atoms with van der Waals surface area (Å²) in [5, 5.41) is 0. The Kier molecular flexibility index (Phi) is 4.71. The average Bonchev–Trinajstić information content (AvgIpc) is 3.06. The van der Waals surface area contributed by atoms with Crippen LogP contribution in [0, 0.1) is 5.95 Å². The molecule has 4 aromatic rings. The van der Waals surface area contributed by atoms with E-state index in [0.717, 1.165) is 20.9 Å². The highest BCUT2D eigenvalue weighted by atomic mass is 32.1. The summed E-state index contributed by atoms with van der Waals surface area (Å²) in [5.74, 6) is -0.466. The molecule has 0 N–H and O–H groups in total. The molecule has 0 amide bonds. The van der Waals surface area contributed by atoms with Gasteiger partial charge in [-0.1, -0.05) is 59.9 Å². The molecule has 0 fully saturated rings. The summed E-state index contributed by atoms with van der Waals surface area (Å²) in [6, 6.07) is 23.4. The number of para-hydroxylation sites is 1. The topological polar surface area (TPSA) is 30.2 Å². The number of rotatable bonds is 4. The van der Waals surface area contributed by atoms with E-state index in [4.69, 9.17) is 4.99 Å². The first-order valence-electron chi connectivity index (χ1n) is 8.24. The first-order chi connectivity index (χ1) is 12.8. The molecule has 0 atom stereocenters. The molecule has 26 heavy (non-hydrogen) atoms. The van der Waals surface area contributed by atoms with E-state index in [-0.39, 0.29) is 0 Å². The van der Waals surface area contributed by atoms with Crippen LogP contribution in [0.3, 0.4) is 0 Å². The number of nitrogens with zero attached hydrogens (tertiary/aromatic N) is 3. The molecule has 0 unspecified atom stereocenters. The zero-order valence-corrected chi connectivity index (χ0v) is 14.7. The van der Waals surface area contributed by atoms with E-state index in [9.17, 15) is 4.39 Å². The number of thiazole rings is 1. The van der Waals surface area contributed by atoms with Crippen LogP contribution in [0.1, 0.15) is 5.56 Å². The highest BCUT2D eigenvalue weighted by Crippen LogP contribution is 2.24. The third-order valence-electron chi connectivity index (χ3n) is 3.92. The van der Waals surface area contributed by atoms with Gasteiger partial charge in [0, 0.05) is 24.5 Å². The summed E-state index contributed by atoms with van der Waals surface area (Å²) < 4.78 is 16.2. The fourth-order valence-electron chi connectivity index (χ4n) is 2.67. The van der Waals surface area contributed by atoms with Crippen LogP contribution < -0.4 is 4.80 Å². The van der Waals surface area contributed by atoms with Crippen LogP contribution in [0.2, 0.25) is 0 Å². The standard InChI is InChI=1S/C21H16FN3S/c22-20-18(12-7-13-23-20)19-15-25(14-16-8-3-1-4-9-16)21(26-19)24-17-10-5-2-6-11-17/h1-13,15H,14H2. The Morgan fingerprint density at radius 1 is 0.923 bits per heavy atom. The number of halogens is 1. The van der Waals surface area contributed by atoms with Gasteiger partial charge in [-0.3, -0.25) is 0 Å². The molecule has 128 valence electrons. The van der Waals surface area contributed by atoms with Crippen LogP contribution in [0.5, 0.6) is 0 Å². The van der Waals surface area contributed by atoms with Crippen molar-refractivity contribution in [3.8, 4) is 10.4 Å². The van der Waals surface area contributed by atoms with E-state index in [2.05, 4.69) is 21.7 Å². The van der Waals surface area contributed by atoms with E-state index in [1.165, 1.54) is 17.5 Å². The zero-order chi connectivity index (χ0) is 17.8. The minimum absolute atomic E-state index is 0.466. The van der Waals surface area contributed by atoms with Crippen molar-refractivity contribution in [1.82, 2.24) is 9.55 Å². The van der Waals surface area contributed by atoms with Gasteiger partial charge in [0.2, 0.25) is 5.95 Å². The van der Waals surface area contributed by atoms with Crippen LogP contribution in [0.25, 0.3) is 10.4 Å². The molecular weight excluding hydrogens is 345 g/mol. The van der Waals surface area contributed by atoms with Gasteiger partial charge in [0.1, 0.15) is 0 Å². The largest absolute Gasteiger partial charge is 0.319 e. The summed E-state index contributed by atoms with van der Waals surface area (Å²) in [5.41, 5.74) is 2.53. The van der Waals surface area contributed by atoms with Crippen molar-refractivity contribution in [2.75, 3.05) is 0 Å². The van der Waals surface area contributed by atoms with Crippen LogP contribution in [-0.4, -0.2) is 9.55 Å². The van der Waals surface area contributed by atoms with E-state index >= 15 is 0 Å². The van der Waals surface area contributed by atoms with Crippen molar-refractivity contribution in [2.45, 2.75) is 6.54 Å². The maximum Gasteiger partial charge on any atom is 0.221 e. The van der Waals surface area contributed by atoms with Crippen LogP contribution in [0.15, 0.2) is 90.2 Å². The van der Waals surface area contributed by atoms with Gasteiger partial charge in [-0.05, 0) is 29.8 Å². The van der Waals surface area contributed by atoms with Crippen molar-refractivity contribution < 1.29 is 4.39 Å². The smallest absolute Gasteiger partial charge is 0.221 e. The van der Waals surface area contributed by atoms with Gasteiger partial charge >= 0.3 is 0 Å². The van der Waals surface area contributed by atoms with Crippen molar-refractivity contribution in [1.29, 1.82) is 0 Å². The SMILES string of the molecule is Fc1ncccc1-c1cn(Cc2ccccc2)c(=Nc2ccccc2)s1. The fraction of sp³-hybridized carbons (Fsp3) is 0.0476. The Bertz CT molecular complexity index is 1070. The molecular formula is C21H16FN3S. The number of aromatic nitrogens is 2. The molecule has 2 aromatic heterocycles. The molecule has 0 aliphatic heterocycles. The molecule has 0 bridgehead atoms. The Balaban J connectivity index is 1.83. The predicted molar refractivity (Wildman–Crippen MR) is 103 cm³/mol. The lowest BCUT2D eigenvalue weighted by atomic mass is 10.2. The molecule has 4 rings (SSSR count). The van der Waals surface area contributed by atoms with E-state index in [0.29, 0.717) is 12.1 Å². The first kappa shape index (κ1) is 16.4. The van der Waals surface area contributed by atoms with E-state index in [1.54, 1.807) is 12.1 Å². The molecule has 5 heteroatoms. The van der Waals surface area contributed by atoms with Crippen molar-refractivity contribution in [3.63, 3.8) is 0 Å². The highest BCUT2D eigenvalue weighted by molar-refractivity contribution is 7.12. The normalized spacial score (nSPS) is 11.7. The first-order valence-corrected chi connectivity index (χ1v) is 9.06. The lowest BCUT2D eigenvalue weighted by Crippen LogP contribution is -2.14. The maximum absolute atomic E-state index is 14.1. The summed E-state index contributed by atoms with van der Waals surface area (Å²) in [7, 11) is 0. The second-order valence-electron chi connectivity index (χ2n) is 5.78. The van der Waals surface area contributed by atoms with Gasteiger partial charge in [-0.25, -0.2) is 9.98 Å². The molecule has 0 spiro atoms. The Morgan fingerprint density at radius 2 is 1.65 bits per heavy atom. The molecule has 2 aromatic carbocycles. The lowest BCUT2D eigenvalue weighted by molar-refractivity contribution is 0.588. The third kappa shape index (κ3) is 3.63. The molecule has 0 aliphatic rings. The summed E-state index contributed by atoms with van der Waals surface area (Å²) in [4.78, 5) is 10.1. The van der Waals surface area contributed by atoms with E-state index in [1.807, 2.05) is 54.7 Å². The highest BCUT2D eigenvalue weighted by Gasteiger charge is 2.11. The summed E-state index contributed by atoms with van der Waals surface area (Å²) in [6.07, 6.45) is 3.40. The molecule has 0 saturated heterocycles. The van der Waals surface area contributed by atoms with Gasteiger partial charge in [0.15, 0.2) is 4.80 Å². The molecule has 2 heterocycles. The van der Waals surface area contributed by atoms with Gasteiger partial charge in [0.25, 0.3) is 0 Å². The number of benzene rings is 2. The Labute approximate surface area is 154 Å². The third-order valence-corrected chi connectivity index (χ3v) is 4.97. The van der Waals surface area contributed by atoms with Gasteiger partial charge in [-0.2, -0.15) is 4.39 Å². The Morgan fingerprint density at radius 3 is 2.38 bits per heavy atom. The molecule has 0 saturated carbocycles. The predicted octanol–water partition coefficient (Wildman–Crippen LogP) is 5.03. The maximum atomic E-state index is 14.1. The second-order valence-corrected chi connectivity index (χ2v) is 6.79. The average molecular weight is 361 g/mol. The monoisotopic (exact) mass is 361 g/mol. The van der Waals surface area contributed by atoms with E-state index < -0.39 is 5.95 Å². The van der Waals surface area contributed by atoms with Crippen molar-refractivity contribution in [2.24, 2.45) is 4.99 Å². The number of hydrogen-bond acceptors (Lipinski definition) is 3. The molecule has 3 nitrogen and oxygen atoms in total. The lowest BCUT2D eigenvalue weighted by Gasteiger charge is -2.03. The fourth-order valence-corrected chi connectivity index (χ4v) is 3.69. The van der Waals surface area contributed by atoms with Gasteiger partial charge in [-0.15, -0.1) is 0 Å².